The quantitative estimate of drug-likeness (QED) is 0.214. The molecule has 0 atom stereocenters. The van der Waals surface area contributed by atoms with Crippen molar-refractivity contribution in [1.29, 1.82) is 0 Å². The van der Waals surface area contributed by atoms with Crippen LogP contribution in [0.1, 0.15) is 41.5 Å². The molecule has 0 aliphatic carbocycles. The van der Waals surface area contributed by atoms with Gasteiger partial charge in [0.15, 0.2) is 16.2 Å². The van der Waals surface area contributed by atoms with E-state index in [1.807, 2.05) is 0 Å². The fourth-order valence-corrected chi connectivity index (χ4v) is 0.274. The van der Waals surface area contributed by atoms with Crippen molar-refractivity contribution >= 4 is 35.8 Å². The van der Waals surface area contributed by atoms with Crippen LogP contribution in [0.4, 0.5) is 0 Å². The largest absolute Gasteiger partial charge is 0.480 e. The zero-order valence-corrected chi connectivity index (χ0v) is 18.5. The first-order valence-corrected chi connectivity index (χ1v) is 7.07. The molecule has 29 heavy (non-hydrogen) atoms. The Morgan fingerprint density at radius 1 is 0.379 bits per heavy atom. The molecule has 0 aliphatic heterocycles. The summed E-state index contributed by atoms with van der Waals surface area (Å²) in [5.41, 5.74) is -5.00. The van der Waals surface area contributed by atoms with Crippen LogP contribution in [0.2, 0.25) is 0 Å². The molecule has 0 aromatic heterocycles. The first-order valence-electron chi connectivity index (χ1n) is 7.07. The predicted octanol–water partition coefficient (Wildman–Crippen LogP) is 0.540. The fraction of sp³-hybridized carbons (Fsp3) is 0.600. The van der Waals surface area contributed by atoms with Crippen LogP contribution in [0.3, 0.4) is 0 Å². The zero-order valence-electron chi connectivity index (χ0n) is 16.3. The monoisotopic (exact) mass is 508 g/mol. The third-order valence-corrected chi connectivity index (χ3v) is 3.21. The summed E-state index contributed by atoms with van der Waals surface area (Å²) in [5.74, 6) is -7.94. The molecule has 6 N–H and O–H groups in total. The van der Waals surface area contributed by atoms with Crippen molar-refractivity contribution in [3.8, 4) is 0 Å². The standard InChI is InChI=1S/3C5H8O4.2Fe/c3*1-5(2,3(6)7)4(8)9;;/h3*1-2H3,(H,6,7)(H,8,9);;. The van der Waals surface area contributed by atoms with Crippen LogP contribution in [0.25, 0.3) is 0 Å². The van der Waals surface area contributed by atoms with Gasteiger partial charge >= 0.3 is 35.8 Å². The molecule has 0 unspecified atom stereocenters. The summed E-state index contributed by atoms with van der Waals surface area (Å²) in [6.45, 7) is 6.82. The number of rotatable bonds is 6. The molecule has 0 spiro atoms. The molecule has 0 saturated carbocycles. The molecule has 0 rings (SSSR count). The molecule has 12 nitrogen and oxygen atoms in total. The molecule has 0 saturated heterocycles. The Balaban J connectivity index is -0.0000000960. The molecule has 0 radical (unpaired) electrons. The summed E-state index contributed by atoms with van der Waals surface area (Å²) in [5, 5.41) is 49.4. The minimum absolute atomic E-state index is 0. The summed E-state index contributed by atoms with van der Waals surface area (Å²) in [6, 6.07) is 0. The Morgan fingerprint density at radius 3 is 0.448 bits per heavy atom. The van der Waals surface area contributed by atoms with E-state index in [1.54, 1.807) is 0 Å². The summed E-state index contributed by atoms with van der Waals surface area (Å²) < 4.78 is 0. The molecule has 0 heterocycles. The Kier molecular flexibility index (Phi) is 18.1. The van der Waals surface area contributed by atoms with Gasteiger partial charge in [-0.1, -0.05) is 0 Å². The molecule has 0 amide bonds. The number of hydrogen-bond acceptors (Lipinski definition) is 6. The molecule has 0 aliphatic rings. The van der Waals surface area contributed by atoms with E-state index in [2.05, 4.69) is 0 Å². The number of hydrogen-bond donors (Lipinski definition) is 6. The van der Waals surface area contributed by atoms with Crippen LogP contribution in [-0.4, -0.2) is 66.5 Å². The van der Waals surface area contributed by atoms with Crippen molar-refractivity contribution in [2.75, 3.05) is 0 Å². The van der Waals surface area contributed by atoms with Gasteiger partial charge in [-0.25, -0.2) is 0 Å². The number of carbonyl (C=O) groups is 6. The van der Waals surface area contributed by atoms with E-state index in [-0.39, 0.29) is 34.1 Å². The van der Waals surface area contributed by atoms with Crippen LogP contribution in [0.5, 0.6) is 0 Å². The SMILES string of the molecule is CC(C)(C(=O)O)C(=O)O.CC(C)(C(=O)O)C(=O)O.CC(C)(C(=O)O)C(=O)O.[Fe].[Fe]. The van der Waals surface area contributed by atoms with Crippen molar-refractivity contribution in [3.63, 3.8) is 0 Å². The van der Waals surface area contributed by atoms with Gasteiger partial charge in [0.1, 0.15) is 0 Å². The van der Waals surface area contributed by atoms with E-state index in [0.717, 1.165) is 41.5 Å². The van der Waals surface area contributed by atoms with Gasteiger partial charge in [0.05, 0.1) is 0 Å². The topological polar surface area (TPSA) is 224 Å². The molecular weight excluding hydrogens is 484 g/mol. The van der Waals surface area contributed by atoms with Crippen LogP contribution in [0.15, 0.2) is 0 Å². The van der Waals surface area contributed by atoms with Crippen molar-refractivity contribution in [3.05, 3.63) is 0 Å². The molecule has 0 aromatic carbocycles. The number of aliphatic carboxylic acids is 6. The molecule has 172 valence electrons. The third-order valence-electron chi connectivity index (χ3n) is 3.21. The Hall–Kier alpha value is -2.14. The van der Waals surface area contributed by atoms with Gasteiger partial charge in [-0.05, 0) is 41.5 Å². The molecule has 0 aromatic rings. The van der Waals surface area contributed by atoms with Crippen LogP contribution in [0, 0.1) is 16.2 Å². The van der Waals surface area contributed by atoms with E-state index >= 15 is 0 Å². The van der Waals surface area contributed by atoms with E-state index in [0.29, 0.717) is 0 Å². The maximum Gasteiger partial charge on any atom is 0.320 e. The van der Waals surface area contributed by atoms with Crippen molar-refractivity contribution < 1.29 is 93.5 Å². The first-order chi connectivity index (χ1) is 11.7. The van der Waals surface area contributed by atoms with Gasteiger partial charge < -0.3 is 30.6 Å². The minimum atomic E-state index is -1.67. The van der Waals surface area contributed by atoms with Gasteiger partial charge in [-0.15, -0.1) is 0 Å². The fourth-order valence-electron chi connectivity index (χ4n) is 0.274. The summed E-state index contributed by atoms with van der Waals surface area (Å²) in [6.07, 6.45) is 0. The second-order valence-electron chi connectivity index (χ2n) is 6.71. The predicted molar refractivity (Wildman–Crippen MR) is 87.2 cm³/mol. The van der Waals surface area contributed by atoms with Gasteiger partial charge in [0.2, 0.25) is 0 Å². The van der Waals surface area contributed by atoms with E-state index in [9.17, 15) is 28.8 Å². The Bertz CT molecular complexity index is 489. The van der Waals surface area contributed by atoms with Crippen molar-refractivity contribution in [1.82, 2.24) is 0 Å². The van der Waals surface area contributed by atoms with Crippen LogP contribution < -0.4 is 0 Å². The van der Waals surface area contributed by atoms with Gasteiger partial charge in [-0.3, -0.25) is 28.8 Å². The Morgan fingerprint density at radius 2 is 0.448 bits per heavy atom. The van der Waals surface area contributed by atoms with Gasteiger partial charge in [-0.2, -0.15) is 0 Å². The maximum atomic E-state index is 10.1. The second kappa shape index (κ2) is 13.9. The second-order valence-corrected chi connectivity index (χ2v) is 6.71. The van der Waals surface area contributed by atoms with Gasteiger partial charge in [0, 0.05) is 34.1 Å². The smallest absolute Gasteiger partial charge is 0.320 e. The van der Waals surface area contributed by atoms with Crippen LogP contribution in [-0.2, 0) is 62.9 Å². The molecule has 0 bridgehead atoms. The van der Waals surface area contributed by atoms with E-state index < -0.39 is 52.1 Å². The summed E-state index contributed by atoms with van der Waals surface area (Å²) in [7, 11) is 0. The van der Waals surface area contributed by atoms with Crippen molar-refractivity contribution in [2.45, 2.75) is 41.5 Å². The minimum Gasteiger partial charge on any atom is -0.480 e. The van der Waals surface area contributed by atoms with Crippen molar-refractivity contribution in [2.24, 2.45) is 16.2 Å². The normalized spacial score (nSPS) is 10.1. The first kappa shape index (κ1) is 37.6. The zero-order chi connectivity index (χ0) is 23.0. The van der Waals surface area contributed by atoms with Gasteiger partial charge in [0.25, 0.3) is 0 Å². The molecule has 0 fully saturated rings. The molecular formula is C15H24Fe2O12. The average molecular weight is 508 g/mol. The van der Waals surface area contributed by atoms with Crippen LogP contribution >= 0.6 is 0 Å². The summed E-state index contributed by atoms with van der Waals surface area (Å²) >= 11 is 0. The third kappa shape index (κ3) is 12.8. The number of carboxylic acid groups (broad SMARTS) is 6. The maximum absolute atomic E-state index is 10.1. The number of carboxylic acids is 6. The molecule has 14 heteroatoms. The van der Waals surface area contributed by atoms with E-state index in [4.69, 9.17) is 30.6 Å². The Labute approximate surface area is 187 Å². The summed E-state index contributed by atoms with van der Waals surface area (Å²) in [4.78, 5) is 60.5. The average Bonchev–Trinajstić information content (AvgIpc) is 2.47. The van der Waals surface area contributed by atoms with E-state index in [1.165, 1.54) is 0 Å².